The van der Waals surface area contributed by atoms with Crippen molar-refractivity contribution in [3.8, 4) is 11.1 Å². The van der Waals surface area contributed by atoms with Crippen molar-refractivity contribution in [2.45, 2.75) is 50.9 Å². The number of nitrogens with one attached hydrogen (secondary N) is 1. The Hall–Kier alpha value is -3.44. The van der Waals surface area contributed by atoms with E-state index in [0.29, 0.717) is 6.07 Å². The molecule has 0 spiro atoms. The van der Waals surface area contributed by atoms with Gasteiger partial charge in [-0.2, -0.15) is 13.2 Å². The smallest absolute Gasteiger partial charge is 0.434 e. The number of carbonyl (C=O) groups is 2. The minimum Gasteiger partial charge on any atom is -0.441 e. The van der Waals surface area contributed by atoms with Gasteiger partial charge < -0.3 is 20.7 Å². The Morgan fingerprint density at radius 1 is 1.22 bits per heavy atom. The molecule has 36 heavy (non-hydrogen) atoms. The number of benzene rings is 1. The molecule has 1 aromatic heterocycles. The van der Waals surface area contributed by atoms with Crippen LogP contribution in [0.4, 0.5) is 32.4 Å². The number of primary amides is 1. The van der Waals surface area contributed by atoms with Crippen LogP contribution in [0.1, 0.15) is 49.2 Å². The van der Waals surface area contributed by atoms with Crippen LogP contribution < -0.4 is 16.0 Å². The van der Waals surface area contributed by atoms with E-state index >= 15 is 0 Å². The number of halogens is 5. The number of amides is 2. The summed E-state index contributed by atoms with van der Waals surface area (Å²) in [4.78, 5) is 29.6. The lowest BCUT2D eigenvalue weighted by Gasteiger charge is -2.29. The first-order chi connectivity index (χ1) is 16.8. The fourth-order valence-corrected chi connectivity index (χ4v) is 4.63. The lowest BCUT2D eigenvalue weighted by Crippen LogP contribution is -2.39. The highest BCUT2D eigenvalue weighted by atomic mass is 19.4. The third-order valence-corrected chi connectivity index (χ3v) is 6.50. The largest absolute Gasteiger partial charge is 0.441 e. The van der Waals surface area contributed by atoms with Crippen molar-refractivity contribution in [2.24, 2.45) is 11.7 Å². The van der Waals surface area contributed by atoms with Crippen molar-refractivity contribution < 1.29 is 36.3 Å². The number of hydrogen-bond acceptors (Lipinski definition) is 5. The van der Waals surface area contributed by atoms with Gasteiger partial charge in [0.25, 0.3) is 5.91 Å². The zero-order valence-corrected chi connectivity index (χ0v) is 19.6. The summed E-state index contributed by atoms with van der Waals surface area (Å²) in [5.41, 5.74) is 1.11. The number of alkyl halides is 3. The first-order valence-corrected chi connectivity index (χ1v) is 11.4. The van der Waals surface area contributed by atoms with Crippen LogP contribution in [-0.4, -0.2) is 41.7 Å². The molecule has 1 saturated heterocycles. The van der Waals surface area contributed by atoms with E-state index in [2.05, 4.69) is 10.3 Å². The highest BCUT2D eigenvalue weighted by molar-refractivity contribution is 6.04. The van der Waals surface area contributed by atoms with E-state index in [1.54, 1.807) is 13.8 Å². The second kappa shape index (κ2) is 9.21. The molecule has 1 aliphatic heterocycles. The lowest BCUT2D eigenvalue weighted by molar-refractivity contribution is -0.140. The Bertz CT molecular complexity index is 1180. The van der Waals surface area contributed by atoms with Gasteiger partial charge in [0, 0.05) is 36.8 Å². The minimum absolute atomic E-state index is 0.0777. The fourth-order valence-electron chi connectivity index (χ4n) is 4.63. The molecule has 4 rings (SSSR count). The molecule has 194 valence electrons. The van der Waals surface area contributed by atoms with Gasteiger partial charge in [0.2, 0.25) is 0 Å². The third-order valence-electron chi connectivity index (χ3n) is 6.50. The third kappa shape index (κ3) is 5.36. The molecule has 2 fully saturated rings. The van der Waals surface area contributed by atoms with Gasteiger partial charge in [0.05, 0.1) is 17.8 Å². The number of nitrogens with zero attached hydrogens (tertiary/aromatic N) is 2. The molecule has 2 heterocycles. The van der Waals surface area contributed by atoms with Crippen LogP contribution in [0, 0.1) is 17.6 Å². The molecule has 1 aliphatic carbocycles. The number of anilines is 1. The van der Waals surface area contributed by atoms with Crippen LogP contribution in [0.2, 0.25) is 0 Å². The maximum absolute atomic E-state index is 14.1. The maximum Gasteiger partial charge on any atom is 0.434 e. The first-order valence-electron chi connectivity index (χ1n) is 11.4. The molecule has 1 aromatic carbocycles. The summed E-state index contributed by atoms with van der Waals surface area (Å²) in [6.07, 6.45) is -3.22. The summed E-state index contributed by atoms with van der Waals surface area (Å²) >= 11 is 0. The summed E-state index contributed by atoms with van der Waals surface area (Å²) in [5.74, 6) is -2.60. The van der Waals surface area contributed by atoms with Crippen LogP contribution in [0.5, 0.6) is 0 Å². The number of hydrogen-bond donors (Lipinski definition) is 2. The van der Waals surface area contributed by atoms with Crippen LogP contribution in [0.25, 0.3) is 11.1 Å². The molecule has 0 bridgehead atoms. The van der Waals surface area contributed by atoms with Gasteiger partial charge >= 0.3 is 12.3 Å². The first kappa shape index (κ1) is 25.6. The van der Waals surface area contributed by atoms with Crippen molar-refractivity contribution in [3.63, 3.8) is 0 Å². The van der Waals surface area contributed by atoms with E-state index < -0.39 is 52.2 Å². The van der Waals surface area contributed by atoms with Crippen LogP contribution in [0.3, 0.4) is 0 Å². The van der Waals surface area contributed by atoms with E-state index in [1.807, 2.05) is 0 Å². The zero-order chi connectivity index (χ0) is 26.4. The summed E-state index contributed by atoms with van der Waals surface area (Å²) in [6.45, 7) is 3.32. The monoisotopic (exact) mass is 512 g/mol. The van der Waals surface area contributed by atoms with Crippen LogP contribution in [0.15, 0.2) is 24.4 Å². The summed E-state index contributed by atoms with van der Waals surface area (Å²) in [6, 6.07) is 1.81. The topological polar surface area (TPSA) is 97.6 Å². The maximum atomic E-state index is 14.1. The molecule has 2 atom stereocenters. The average Bonchev–Trinajstić information content (AvgIpc) is 3.53. The SMILES string of the molecule is C[C@H](NC(=O)c1cnc(C(F)(F)F)c(-c2cc(F)cc(F)c2)c1N1CC[C@](C)(OC(N)=O)C1)C1CC1. The predicted octanol–water partition coefficient (Wildman–Crippen LogP) is 4.64. The molecule has 2 amide bonds. The molecule has 7 nitrogen and oxygen atoms in total. The molecule has 1 saturated carbocycles. The van der Waals surface area contributed by atoms with Crippen molar-refractivity contribution in [2.75, 3.05) is 18.0 Å². The Morgan fingerprint density at radius 2 is 1.86 bits per heavy atom. The quantitative estimate of drug-likeness (QED) is 0.550. The average molecular weight is 512 g/mol. The second-order valence-corrected chi connectivity index (χ2v) is 9.54. The number of carbonyl (C=O) groups excluding carboxylic acids is 2. The number of rotatable bonds is 6. The summed E-state index contributed by atoms with van der Waals surface area (Å²) < 4.78 is 75.8. The molecular weight excluding hydrogens is 487 g/mol. The van der Waals surface area contributed by atoms with Crippen molar-refractivity contribution >= 4 is 17.7 Å². The zero-order valence-electron chi connectivity index (χ0n) is 19.6. The van der Waals surface area contributed by atoms with Gasteiger partial charge in [0.1, 0.15) is 17.2 Å². The van der Waals surface area contributed by atoms with Gasteiger partial charge in [-0.15, -0.1) is 0 Å². The Kier molecular flexibility index (Phi) is 6.56. The predicted molar refractivity (Wildman–Crippen MR) is 120 cm³/mol. The van der Waals surface area contributed by atoms with Crippen molar-refractivity contribution in [1.82, 2.24) is 10.3 Å². The standard InChI is InChI=1S/C24H25F5N4O3/c1-12(13-3-4-13)32-21(34)17-10-31-20(24(27,28)29)18(14-7-15(25)9-16(26)8-14)19(17)33-6-5-23(2,11-33)36-22(30)35/h7-10,12-13H,3-6,11H2,1-2H3,(H2,30,35)(H,32,34)/t12-,23-/m0/s1. The number of pyridine rings is 1. The fraction of sp³-hybridized carbons (Fsp3) is 0.458. The molecule has 2 aliphatic rings. The van der Waals surface area contributed by atoms with Gasteiger partial charge in [-0.25, -0.2) is 13.6 Å². The normalized spacial score (nSPS) is 20.8. The van der Waals surface area contributed by atoms with Gasteiger partial charge in [-0.05, 0) is 50.3 Å². The van der Waals surface area contributed by atoms with Crippen molar-refractivity contribution in [3.05, 3.63) is 47.3 Å². The second-order valence-electron chi connectivity index (χ2n) is 9.54. The van der Waals surface area contributed by atoms with Crippen LogP contribution >= 0.6 is 0 Å². The minimum atomic E-state index is -5.00. The van der Waals surface area contributed by atoms with E-state index in [9.17, 15) is 31.5 Å². The van der Waals surface area contributed by atoms with Gasteiger partial charge in [-0.3, -0.25) is 9.78 Å². The Morgan fingerprint density at radius 3 is 2.42 bits per heavy atom. The number of aromatic nitrogens is 1. The van der Waals surface area contributed by atoms with E-state index in [1.165, 1.54) is 4.90 Å². The molecule has 3 N–H and O–H groups in total. The van der Waals surface area contributed by atoms with E-state index in [0.717, 1.165) is 31.2 Å². The number of nitrogens with two attached hydrogens (primary N) is 1. The molecule has 2 aromatic rings. The summed E-state index contributed by atoms with van der Waals surface area (Å²) in [7, 11) is 0. The van der Waals surface area contributed by atoms with E-state index in [-0.39, 0.29) is 42.7 Å². The van der Waals surface area contributed by atoms with Crippen molar-refractivity contribution in [1.29, 1.82) is 0 Å². The molecule has 0 radical (unpaired) electrons. The number of ether oxygens (including phenoxy) is 1. The van der Waals surface area contributed by atoms with Crippen LogP contribution in [-0.2, 0) is 10.9 Å². The Balaban J connectivity index is 1.92. The highest BCUT2D eigenvalue weighted by Gasteiger charge is 2.43. The van der Waals surface area contributed by atoms with Gasteiger partial charge in [-0.1, -0.05) is 0 Å². The lowest BCUT2D eigenvalue weighted by atomic mass is 9.96. The Labute approximate surface area is 203 Å². The van der Waals surface area contributed by atoms with E-state index in [4.69, 9.17) is 10.5 Å². The molecule has 12 heteroatoms. The molecular formula is C24H25F5N4O3. The highest BCUT2D eigenvalue weighted by Crippen LogP contribution is 2.45. The molecule has 0 unspecified atom stereocenters. The summed E-state index contributed by atoms with van der Waals surface area (Å²) in [5, 5.41) is 2.79. The van der Waals surface area contributed by atoms with Gasteiger partial charge in [0.15, 0.2) is 5.69 Å².